The van der Waals surface area contributed by atoms with Crippen LogP contribution in [0.2, 0.25) is 0 Å². The number of carbonyl (C=O) groups is 3. The standard InChI is InChI=1S/C19H15NO6/c1-24-19(10-25-11-19)13-8-6-12(7-9-13)18(23)26-20-16(21)14-4-2-3-5-15(14)17(20)22/h2-9H,10-11H2,1H3. The van der Waals surface area contributed by atoms with E-state index >= 15 is 0 Å². The van der Waals surface area contributed by atoms with Crippen LogP contribution in [0.3, 0.4) is 0 Å². The summed E-state index contributed by atoms with van der Waals surface area (Å²) in [6.07, 6.45) is 0. The van der Waals surface area contributed by atoms with Crippen molar-refractivity contribution >= 4 is 17.8 Å². The van der Waals surface area contributed by atoms with Gasteiger partial charge in [0.25, 0.3) is 11.8 Å². The summed E-state index contributed by atoms with van der Waals surface area (Å²) < 4.78 is 10.7. The Labute approximate surface area is 149 Å². The molecule has 0 atom stereocenters. The molecule has 0 radical (unpaired) electrons. The van der Waals surface area contributed by atoms with E-state index < -0.39 is 23.4 Å². The van der Waals surface area contributed by atoms with Crippen LogP contribution < -0.4 is 0 Å². The van der Waals surface area contributed by atoms with E-state index in [2.05, 4.69) is 0 Å². The van der Waals surface area contributed by atoms with Crippen LogP contribution in [0.4, 0.5) is 0 Å². The number of methoxy groups -OCH3 is 1. The molecule has 2 aromatic rings. The zero-order valence-electron chi connectivity index (χ0n) is 13.9. The maximum atomic E-state index is 12.3. The van der Waals surface area contributed by atoms with Crippen LogP contribution in [0.5, 0.6) is 0 Å². The summed E-state index contributed by atoms with van der Waals surface area (Å²) in [5.74, 6) is -2.09. The van der Waals surface area contributed by atoms with Crippen LogP contribution in [0.25, 0.3) is 0 Å². The van der Waals surface area contributed by atoms with Crippen molar-refractivity contribution < 1.29 is 28.7 Å². The van der Waals surface area contributed by atoms with Crippen LogP contribution in [0.1, 0.15) is 36.6 Å². The minimum Gasteiger partial charge on any atom is -0.375 e. The van der Waals surface area contributed by atoms with Gasteiger partial charge in [-0.05, 0) is 29.8 Å². The molecule has 0 saturated carbocycles. The van der Waals surface area contributed by atoms with Crippen molar-refractivity contribution in [1.29, 1.82) is 0 Å². The summed E-state index contributed by atoms with van der Waals surface area (Å²) in [6, 6.07) is 12.9. The Kier molecular flexibility index (Phi) is 3.82. The summed E-state index contributed by atoms with van der Waals surface area (Å²) >= 11 is 0. The number of rotatable bonds is 4. The van der Waals surface area contributed by atoms with Crippen LogP contribution in [0, 0.1) is 0 Å². The zero-order valence-corrected chi connectivity index (χ0v) is 13.9. The molecule has 7 heteroatoms. The lowest BCUT2D eigenvalue weighted by atomic mass is 9.91. The quantitative estimate of drug-likeness (QED) is 0.781. The fourth-order valence-electron chi connectivity index (χ4n) is 2.99. The number of benzene rings is 2. The van der Waals surface area contributed by atoms with Gasteiger partial charge >= 0.3 is 5.97 Å². The fourth-order valence-corrected chi connectivity index (χ4v) is 2.99. The van der Waals surface area contributed by atoms with Gasteiger partial charge in [-0.15, -0.1) is 0 Å². The maximum Gasteiger partial charge on any atom is 0.363 e. The van der Waals surface area contributed by atoms with E-state index in [0.29, 0.717) is 18.3 Å². The molecule has 2 aliphatic rings. The second-order valence-electron chi connectivity index (χ2n) is 6.10. The molecule has 0 aliphatic carbocycles. The lowest BCUT2D eigenvalue weighted by Crippen LogP contribution is -2.48. The van der Waals surface area contributed by atoms with Crippen LogP contribution in [-0.4, -0.2) is 43.2 Å². The molecule has 7 nitrogen and oxygen atoms in total. The van der Waals surface area contributed by atoms with Gasteiger partial charge in [0.2, 0.25) is 0 Å². The minimum absolute atomic E-state index is 0.215. The largest absolute Gasteiger partial charge is 0.375 e. The van der Waals surface area contributed by atoms with Gasteiger partial charge in [0.05, 0.1) is 29.9 Å². The molecule has 26 heavy (non-hydrogen) atoms. The van der Waals surface area contributed by atoms with Crippen LogP contribution >= 0.6 is 0 Å². The highest BCUT2D eigenvalue weighted by atomic mass is 16.7. The summed E-state index contributed by atoms with van der Waals surface area (Å²) in [5.41, 5.74) is 1.03. The average Bonchev–Trinajstić information content (AvgIpc) is 2.87. The van der Waals surface area contributed by atoms with Gasteiger partial charge in [0, 0.05) is 7.11 Å². The Bertz CT molecular complexity index is 860. The number of ether oxygens (including phenoxy) is 2. The van der Waals surface area contributed by atoms with E-state index in [4.69, 9.17) is 14.3 Å². The second-order valence-corrected chi connectivity index (χ2v) is 6.10. The summed E-state index contributed by atoms with van der Waals surface area (Å²) in [6.45, 7) is 0.894. The number of hydrogen-bond acceptors (Lipinski definition) is 6. The molecule has 0 bridgehead atoms. The predicted molar refractivity (Wildman–Crippen MR) is 88.3 cm³/mol. The smallest absolute Gasteiger partial charge is 0.363 e. The van der Waals surface area contributed by atoms with Crippen molar-refractivity contribution in [2.45, 2.75) is 5.60 Å². The van der Waals surface area contributed by atoms with Crippen molar-refractivity contribution in [3.8, 4) is 0 Å². The maximum absolute atomic E-state index is 12.3. The molecule has 2 amide bonds. The molecule has 1 fully saturated rings. The Morgan fingerprint density at radius 2 is 1.58 bits per heavy atom. The summed E-state index contributed by atoms with van der Waals surface area (Å²) in [5, 5.41) is 0.497. The first-order valence-corrected chi connectivity index (χ1v) is 7.99. The number of nitrogens with zero attached hydrogens (tertiary/aromatic N) is 1. The van der Waals surface area contributed by atoms with Crippen molar-refractivity contribution in [3.63, 3.8) is 0 Å². The molecule has 2 aliphatic heterocycles. The average molecular weight is 353 g/mol. The van der Waals surface area contributed by atoms with Crippen LogP contribution in [-0.2, 0) is 19.9 Å². The predicted octanol–water partition coefficient (Wildman–Crippen LogP) is 1.93. The molecule has 0 spiro atoms. The third kappa shape index (κ3) is 2.40. The summed E-state index contributed by atoms with van der Waals surface area (Å²) in [7, 11) is 1.60. The van der Waals surface area contributed by atoms with Crippen molar-refractivity contribution in [3.05, 3.63) is 70.8 Å². The molecule has 0 unspecified atom stereocenters. The third-order valence-electron chi connectivity index (χ3n) is 4.64. The number of hydroxylamine groups is 2. The van der Waals surface area contributed by atoms with E-state index in [9.17, 15) is 14.4 Å². The Hall–Kier alpha value is -3.03. The van der Waals surface area contributed by atoms with Gasteiger partial charge in [0.1, 0.15) is 5.60 Å². The number of imide groups is 1. The highest BCUT2D eigenvalue weighted by Crippen LogP contribution is 2.33. The molecule has 132 valence electrons. The molecule has 4 rings (SSSR count). The molecule has 0 N–H and O–H groups in total. The van der Waals surface area contributed by atoms with E-state index in [0.717, 1.165) is 5.56 Å². The molecule has 0 aromatic heterocycles. The third-order valence-corrected chi connectivity index (χ3v) is 4.64. The van der Waals surface area contributed by atoms with E-state index in [1.807, 2.05) is 0 Å². The Balaban J connectivity index is 1.51. The highest BCUT2D eigenvalue weighted by Gasteiger charge is 2.41. The minimum atomic E-state index is -0.789. The number of fused-ring (bicyclic) bond motifs is 1. The van der Waals surface area contributed by atoms with Crippen molar-refractivity contribution in [2.75, 3.05) is 20.3 Å². The molecule has 2 heterocycles. The highest BCUT2D eigenvalue weighted by molar-refractivity contribution is 6.21. The van der Waals surface area contributed by atoms with Crippen LogP contribution in [0.15, 0.2) is 48.5 Å². The summed E-state index contributed by atoms with van der Waals surface area (Å²) in [4.78, 5) is 41.9. The number of amides is 2. The fraction of sp³-hybridized carbons (Fsp3) is 0.211. The zero-order chi connectivity index (χ0) is 18.3. The van der Waals surface area contributed by atoms with Crippen molar-refractivity contribution in [2.24, 2.45) is 0 Å². The number of hydrogen-bond donors (Lipinski definition) is 0. The normalized spacial score (nSPS) is 17.7. The number of carbonyl (C=O) groups excluding carboxylic acids is 3. The van der Waals surface area contributed by atoms with Gasteiger partial charge in [-0.1, -0.05) is 29.3 Å². The van der Waals surface area contributed by atoms with Gasteiger partial charge in [-0.3, -0.25) is 9.59 Å². The first kappa shape index (κ1) is 16.4. The second kappa shape index (κ2) is 6.05. The first-order valence-electron chi connectivity index (χ1n) is 7.99. The van der Waals surface area contributed by atoms with Gasteiger partial charge in [0.15, 0.2) is 0 Å². The Morgan fingerprint density at radius 1 is 1.00 bits per heavy atom. The van der Waals surface area contributed by atoms with Crippen molar-refractivity contribution in [1.82, 2.24) is 5.06 Å². The van der Waals surface area contributed by atoms with Gasteiger partial charge in [-0.25, -0.2) is 4.79 Å². The monoisotopic (exact) mass is 353 g/mol. The Morgan fingerprint density at radius 3 is 2.04 bits per heavy atom. The lowest BCUT2D eigenvalue weighted by molar-refractivity contribution is -0.202. The lowest BCUT2D eigenvalue weighted by Gasteiger charge is -2.40. The van der Waals surface area contributed by atoms with Gasteiger partial charge in [-0.2, -0.15) is 0 Å². The van der Waals surface area contributed by atoms with E-state index in [-0.39, 0.29) is 16.7 Å². The molecular formula is C19H15NO6. The molecule has 1 saturated heterocycles. The topological polar surface area (TPSA) is 82.1 Å². The SMILES string of the molecule is COC1(c2ccc(C(=O)ON3C(=O)c4ccccc4C3=O)cc2)COC1. The van der Waals surface area contributed by atoms with Gasteiger partial charge < -0.3 is 14.3 Å². The van der Waals surface area contributed by atoms with E-state index in [1.165, 1.54) is 12.1 Å². The first-order chi connectivity index (χ1) is 12.6. The molecular weight excluding hydrogens is 338 g/mol. The molecule has 2 aromatic carbocycles. The van der Waals surface area contributed by atoms with E-state index in [1.54, 1.807) is 43.5 Å².